The van der Waals surface area contributed by atoms with Crippen LogP contribution in [0, 0.1) is 6.92 Å². The molecule has 4 heterocycles. The lowest BCUT2D eigenvalue weighted by Crippen LogP contribution is -1.96. The monoisotopic (exact) mass is 290 g/mol. The van der Waals surface area contributed by atoms with Gasteiger partial charge in [0, 0.05) is 42.1 Å². The molecule has 4 nitrogen and oxygen atoms in total. The zero-order valence-electron chi connectivity index (χ0n) is 12.5. The van der Waals surface area contributed by atoms with Gasteiger partial charge in [-0.1, -0.05) is 0 Å². The number of nitrogens with one attached hydrogen (secondary N) is 2. The molecule has 4 aromatic heterocycles. The number of nitrogens with zero attached hydrogens (tertiary/aromatic N) is 2. The summed E-state index contributed by atoms with van der Waals surface area (Å²) in [6.07, 6.45) is 7.01. The van der Waals surface area contributed by atoms with E-state index < -0.39 is 0 Å². The van der Waals surface area contributed by atoms with Gasteiger partial charge in [0.1, 0.15) is 11.6 Å². The Hall–Kier alpha value is -2.88. The molecule has 0 aromatic carbocycles. The number of H-pyrrole nitrogens is 2. The smallest absolute Gasteiger partial charge is 0.114 e. The maximum absolute atomic E-state index is 3.49. The quantitative estimate of drug-likeness (QED) is 0.574. The molecule has 2 N–H and O–H groups in total. The molecule has 0 aliphatic carbocycles. The number of hydrogen-bond donors (Lipinski definition) is 2. The standard InChI is InChI=1S/C18H18N4/c1-14-5-4-12-22(14)18-9-7-16(20-18)13-15-6-8-17(19-15)21-10-2-3-11-21/h2-12,19-20H,13H2,1H3. The third kappa shape index (κ3) is 2.29. The lowest BCUT2D eigenvalue weighted by molar-refractivity contribution is 0.945. The molecular formula is C18H18N4. The van der Waals surface area contributed by atoms with E-state index in [9.17, 15) is 0 Å². The normalized spacial score (nSPS) is 11.1. The van der Waals surface area contributed by atoms with Gasteiger partial charge in [0.25, 0.3) is 0 Å². The van der Waals surface area contributed by atoms with Crippen LogP contribution in [0.5, 0.6) is 0 Å². The van der Waals surface area contributed by atoms with Crippen molar-refractivity contribution < 1.29 is 0 Å². The Morgan fingerprint density at radius 2 is 1.45 bits per heavy atom. The van der Waals surface area contributed by atoms with Crippen molar-refractivity contribution in [2.24, 2.45) is 0 Å². The van der Waals surface area contributed by atoms with Crippen LogP contribution in [0.4, 0.5) is 0 Å². The molecule has 0 fully saturated rings. The van der Waals surface area contributed by atoms with Crippen molar-refractivity contribution >= 4 is 0 Å². The molecule has 110 valence electrons. The minimum absolute atomic E-state index is 0.863. The van der Waals surface area contributed by atoms with E-state index in [1.165, 1.54) is 17.1 Å². The van der Waals surface area contributed by atoms with Gasteiger partial charge in [0.05, 0.1) is 0 Å². The molecule has 0 amide bonds. The number of aromatic nitrogens is 4. The van der Waals surface area contributed by atoms with Gasteiger partial charge in [-0.15, -0.1) is 0 Å². The first kappa shape index (κ1) is 12.8. The molecule has 22 heavy (non-hydrogen) atoms. The predicted octanol–water partition coefficient (Wildman–Crippen LogP) is 3.82. The predicted molar refractivity (Wildman–Crippen MR) is 87.8 cm³/mol. The lowest BCUT2D eigenvalue weighted by atomic mass is 10.2. The molecule has 0 saturated heterocycles. The van der Waals surface area contributed by atoms with E-state index in [4.69, 9.17) is 0 Å². The van der Waals surface area contributed by atoms with E-state index >= 15 is 0 Å². The van der Waals surface area contributed by atoms with E-state index in [1.54, 1.807) is 0 Å². The minimum Gasteiger partial charge on any atom is -0.345 e. The summed E-state index contributed by atoms with van der Waals surface area (Å²) in [7, 11) is 0. The highest BCUT2D eigenvalue weighted by molar-refractivity contribution is 5.34. The average molecular weight is 290 g/mol. The van der Waals surface area contributed by atoms with E-state index in [0.29, 0.717) is 0 Å². The molecule has 0 bridgehead atoms. The number of hydrogen-bond acceptors (Lipinski definition) is 0. The molecular weight excluding hydrogens is 272 g/mol. The summed E-state index contributed by atoms with van der Waals surface area (Å²) in [6.45, 7) is 2.11. The second-order valence-corrected chi connectivity index (χ2v) is 5.52. The van der Waals surface area contributed by atoms with E-state index in [-0.39, 0.29) is 0 Å². The Bertz CT molecular complexity index is 874. The largest absolute Gasteiger partial charge is 0.345 e. The van der Waals surface area contributed by atoms with Crippen molar-refractivity contribution in [2.75, 3.05) is 0 Å². The van der Waals surface area contributed by atoms with Gasteiger partial charge in [0.2, 0.25) is 0 Å². The fraction of sp³-hybridized carbons (Fsp3) is 0.111. The number of aryl methyl sites for hydroxylation is 1. The van der Waals surface area contributed by atoms with E-state index in [1.807, 2.05) is 24.5 Å². The van der Waals surface area contributed by atoms with Crippen LogP contribution >= 0.6 is 0 Å². The van der Waals surface area contributed by atoms with E-state index in [2.05, 4.69) is 68.6 Å². The fourth-order valence-electron chi connectivity index (χ4n) is 2.79. The van der Waals surface area contributed by atoms with Crippen LogP contribution in [0.2, 0.25) is 0 Å². The first-order chi connectivity index (χ1) is 10.8. The molecule has 4 heteroatoms. The number of rotatable bonds is 4. The summed E-state index contributed by atoms with van der Waals surface area (Å²) < 4.78 is 4.23. The van der Waals surface area contributed by atoms with E-state index in [0.717, 1.165) is 18.1 Å². The topological polar surface area (TPSA) is 41.4 Å². The van der Waals surface area contributed by atoms with Crippen molar-refractivity contribution in [2.45, 2.75) is 13.3 Å². The van der Waals surface area contributed by atoms with Crippen LogP contribution < -0.4 is 0 Å². The third-order valence-electron chi connectivity index (χ3n) is 3.94. The number of aromatic amines is 2. The summed E-state index contributed by atoms with van der Waals surface area (Å²) in [5, 5.41) is 0. The van der Waals surface area contributed by atoms with Crippen molar-refractivity contribution in [1.82, 2.24) is 19.1 Å². The van der Waals surface area contributed by atoms with Crippen molar-refractivity contribution in [3.63, 3.8) is 0 Å². The van der Waals surface area contributed by atoms with Gasteiger partial charge >= 0.3 is 0 Å². The Kier molecular flexibility index (Phi) is 3.00. The Morgan fingerprint density at radius 3 is 2.14 bits per heavy atom. The second kappa shape index (κ2) is 5.15. The Labute approximate surface area is 129 Å². The highest BCUT2D eigenvalue weighted by Gasteiger charge is 2.05. The van der Waals surface area contributed by atoms with Crippen LogP contribution in [0.1, 0.15) is 17.1 Å². The van der Waals surface area contributed by atoms with Crippen LogP contribution in [0.15, 0.2) is 67.1 Å². The highest BCUT2D eigenvalue weighted by atomic mass is 15.1. The van der Waals surface area contributed by atoms with Crippen molar-refractivity contribution in [1.29, 1.82) is 0 Å². The van der Waals surface area contributed by atoms with Crippen molar-refractivity contribution in [3.8, 4) is 11.6 Å². The summed E-state index contributed by atoms with van der Waals surface area (Å²) in [4.78, 5) is 6.94. The SMILES string of the molecule is Cc1cccn1-c1ccc(Cc2ccc(-n3cccc3)[nH]2)[nH]1. The molecule has 0 spiro atoms. The van der Waals surface area contributed by atoms with Gasteiger partial charge in [0.15, 0.2) is 0 Å². The molecule has 0 radical (unpaired) electrons. The zero-order chi connectivity index (χ0) is 14.9. The highest BCUT2D eigenvalue weighted by Crippen LogP contribution is 2.15. The van der Waals surface area contributed by atoms with Crippen LogP contribution in [0.3, 0.4) is 0 Å². The maximum Gasteiger partial charge on any atom is 0.114 e. The fourth-order valence-corrected chi connectivity index (χ4v) is 2.79. The summed E-state index contributed by atoms with van der Waals surface area (Å²) in [5.74, 6) is 2.20. The molecule has 0 saturated carbocycles. The summed E-state index contributed by atoms with van der Waals surface area (Å²) in [6, 6.07) is 16.7. The summed E-state index contributed by atoms with van der Waals surface area (Å²) in [5.41, 5.74) is 3.62. The van der Waals surface area contributed by atoms with Gasteiger partial charge in [-0.3, -0.25) is 0 Å². The van der Waals surface area contributed by atoms with Crippen LogP contribution in [0.25, 0.3) is 11.6 Å². The van der Waals surface area contributed by atoms with Crippen LogP contribution in [-0.4, -0.2) is 19.1 Å². The summed E-state index contributed by atoms with van der Waals surface area (Å²) >= 11 is 0. The van der Waals surface area contributed by atoms with Gasteiger partial charge in [-0.25, -0.2) is 0 Å². The molecule has 0 atom stereocenters. The first-order valence-corrected chi connectivity index (χ1v) is 7.43. The minimum atomic E-state index is 0.863. The van der Waals surface area contributed by atoms with Crippen LogP contribution in [-0.2, 0) is 6.42 Å². The zero-order valence-corrected chi connectivity index (χ0v) is 12.5. The molecule has 0 unspecified atom stereocenters. The van der Waals surface area contributed by atoms with Gasteiger partial charge < -0.3 is 19.1 Å². The first-order valence-electron chi connectivity index (χ1n) is 7.43. The van der Waals surface area contributed by atoms with Crippen molar-refractivity contribution in [3.05, 3.63) is 84.2 Å². The molecule has 4 aromatic rings. The maximum atomic E-state index is 3.49. The van der Waals surface area contributed by atoms with Gasteiger partial charge in [-0.2, -0.15) is 0 Å². The molecule has 4 rings (SSSR count). The Balaban J connectivity index is 1.55. The lowest BCUT2D eigenvalue weighted by Gasteiger charge is -2.03. The molecule has 0 aliphatic rings. The molecule has 0 aliphatic heterocycles. The third-order valence-corrected chi connectivity index (χ3v) is 3.94. The Morgan fingerprint density at radius 1 is 0.773 bits per heavy atom. The second-order valence-electron chi connectivity index (χ2n) is 5.52. The van der Waals surface area contributed by atoms with Gasteiger partial charge in [-0.05, 0) is 55.5 Å². The average Bonchev–Trinajstić information content (AvgIpc) is 3.25.